The van der Waals surface area contributed by atoms with Crippen molar-refractivity contribution in [1.82, 2.24) is 14.5 Å². The molecule has 8 heteroatoms. The van der Waals surface area contributed by atoms with Gasteiger partial charge in [-0.25, -0.2) is 4.98 Å². The summed E-state index contributed by atoms with van der Waals surface area (Å²) in [5.41, 5.74) is 0.859. The monoisotopic (exact) mass is 448 g/mol. The van der Waals surface area contributed by atoms with Crippen molar-refractivity contribution in [2.45, 2.75) is 44.8 Å². The van der Waals surface area contributed by atoms with E-state index in [2.05, 4.69) is 10.3 Å². The minimum absolute atomic E-state index is 0.0837. The number of benzene rings is 2. The maximum Gasteiger partial charge on any atom is 0.261 e. The molecular formula is C25H28N4O4. The molecule has 4 rings (SSSR count). The first kappa shape index (κ1) is 22.7. The summed E-state index contributed by atoms with van der Waals surface area (Å²) < 4.78 is 1.42. The molecule has 0 spiro atoms. The van der Waals surface area contributed by atoms with Gasteiger partial charge in [-0.15, -0.1) is 0 Å². The first-order valence-corrected chi connectivity index (χ1v) is 11.1. The van der Waals surface area contributed by atoms with Gasteiger partial charge >= 0.3 is 0 Å². The van der Waals surface area contributed by atoms with Gasteiger partial charge in [0.2, 0.25) is 11.8 Å². The van der Waals surface area contributed by atoms with Gasteiger partial charge in [0.15, 0.2) is 0 Å². The van der Waals surface area contributed by atoms with E-state index in [0.717, 1.165) is 5.56 Å². The highest BCUT2D eigenvalue weighted by Crippen LogP contribution is 2.25. The lowest BCUT2D eigenvalue weighted by Crippen LogP contribution is -2.49. The average molecular weight is 449 g/mol. The second-order valence-corrected chi connectivity index (χ2v) is 8.68. The first-order chi connectivity index (χ1) is 15.8. The predicted octanol–water partition coefficient (Wildman–Crippen LogP) is 2.34. The van der Waals surface area contributed by atoms with Crippen LogP contribution in [0.5, 0.6) is 0 Å². The molecule has 2 amide bonds. The number of amides is 2. The Morgan fingerprint density at radius 3 is 2.55 bits per heavy atom. The fraction of sp³-hybridized carbons (Fsp3) is 0.360. The van der Waals surface area contributed by atoms with Crippen LogP contribution >= 0.6 is 0 Å². The molecule has 8 nitrogen and oxygen atoms in total. The summed E-state index contributed by atoms with van der Waals surface area (Å²) in [4.78, 5) is 42.9. The van der Waals surface area contributed by atoms with Crippen LogP contribution in [0.2, 0.25) is 0 Å². The van der Waals surface area contributed by atoms with E-state index in [-0.39, 0.29) is 23.9 Å². The fourth-order valence-electron chi connectivity index (χ4n) is 4.25. The quantitative estimate of drug-likeness (QED) is 0.602. The van der Waals surface area contributed by atoms with Crippen LogP contribution in [0.4, 0.5) is 5.69 Å². The van der Waals surface area contributed by atoms with Gasteiger partial charge in [-0.3, -0.25) is 19.0 Å². The van der Waals surface area contributed by atoms with Crippen LogP contribution in [-0.2, 0) is 22.6 Å². The Bertz CT molecular complexity index is 1210. The normalized spacial score (nSPS) is 15.4. The van der Waals surface area contributed by atoms with Crippen molar-refractivity contribution in [2.24, 2.45) is 0 Å². The van der Waals surface area contributed by atoms with E-state index in [4.69, 9.17) is 0 Å². The van der Waals surface area contributed by atoms with Gasteiger partial charge in [0.25, 0.3) is 5.56 Å². The van der Waals surface area contributed by atoms with Crippen LogP contribution in [0, 0.1) is 0 Å². The van der Waals surface area contributed by atoms with E-state index in [9.17, 15) is 19.5 Å². The molecule has 0 bridgehead atoms. The summed E-state index contributed by atoms with van der Waals surface area (Å²) >= 11 is 0. The largest absolute Gasteiger partial charge is 0.388 e. The number of hydrogen-bond donors (Lipinski definition) is 2. The molecule has 1 fully saturated rings. The van der Waals surface area contributed by atoms with Crippen molar-refractivity contribution in [3.63, 3.8) is 0 Å². The van der Waals surface area contributed by atoms with E-state index in [1.807, 2.05) is 30.3 Å². The molecule has 0 unspecified atom stereocenters. The Morgan fingerprint density at radius 1 is 1.12 bits per heavy atom. The van der Waals surface area contributed by atoms with Crippen LogP contribution in [0.3, 0.4) is 0 Å². The van der Waals surface area contributed by atoms with Gasteiger partial charge in [-0.05, 0) is 43.0 Å². The number of nitrogens with zero attached hydrogens (tertiary/aromatic N) is 3. The van der Waals surface area contributed by atoms with Crippen molar-refractivity contribution >= 4 is 28.4 Å². The number of aliphatic hydroxyl groups is 1. The molecule has 172 valence electrons. The van der Waals surface area contributed by atoms with E-state index in [1.54, 1.807) is 23.1 Å². The number of rotatable bonds is 6. The van der Waals surface area contributed by atoms with Gasteiger partial charge in [-0.1, -0.05) is 30.3 Å². The fourth-order valence-corrected chi connectivity index (χ4v) is 4.25. The standard InChI is InChI=1S/C25H28N4O4/c1-18(30)27-20-8-9-21-22(15-20)26-17-29(24(21)32)16-25(33)11-13-28(14-12-25)23(31)10-7-19-5-3-2-4-6-19/h2-6,8-9,15,17,33H,7,10-14,16H2,1H3,(H,27,30). The molecule has 0 radical (unpaired) electrons. The number of nitrogens with one attached hydrogen (secondary N) is 1. The van der Waals surface area contributed by atoms with Gasteiger partial charge in [0, 0.05) is 32.1 Å². The SMILES string of the molecule is CC(=O)Nc1ccc2c(=O)n(CC3(O)CCN(C(=O)CCc4ccccc4)CC3)cnc2c1. The topological polar surface area (TPSA) is 105 Å². The molecule has 2 heterocycles. The zero-order valence-corrected chi connectivity index (χ0v) is 18.7. The van der Waals surface area contributed by atoms with Gasteiger partial charge in [0.1, 0.15) is 0 Å². The summed E-state index contributed by atoms with van der Waals surface area (Å²) in [6.45, 7) is 2.45. The Kier molecular flexibility index (Phi) is 6.55. The molecule has 33 heavy (non-hydrogen) atoms. The molecule has 3 aromatic rings. The molecule has 0 atom stereocenters. The summed E-state index contributed by atoms with van der Waals surface area (Å²) in [5.74, 6) is -0.116. The average Bonchev–Trinajstić information content (AvgIpc) is 2.80. The second-order valence-electron chi connectivity index (χ2n) is 8.68. The Hall–Kier alpha value is -3.52. The lowest BCUT2D eigenvalue weighted by Gasteiger charge is -2.38. The highest BCUT2D eigenvalue weighted by Gasteiger charge is 2.34. The summed E-state index contributed by atoms with van der Waals surface area (Å²) in [6.07, 6.45) is 3.36. The van der Waals surface area contributed by atoms with Crippen molar-refractivity contribution < 1.29 is 14.7 Å². The molecule has 1 saturated heterocycles. The van der Waals surface area contributed by atoms with Crippen LogP contribution in [0.25, 0.3) is 10.9 Å². The van der Waals surface area contributed by atoms with Crippen molar-refractivity contribution in [2.75, 3.05) is 18.4 Å². The highest BCUT2D eigenvalue weighted by atomic mass is 16.3. The highest BCUT2D eigenvalue weighted by molar-refractivity contribution is 5.91. The van der Waals surface area contributed by atoms with Crippen molar-refractivity contribution in [1.29, 1.82) is 0 Å². The third kappa shape index (κ3) is 5.46. The lowest BCUT2D eigenvalue weighted by atomic mass is 9.91. The zero-order valence-electron chi connectivity index (χ0n) is 18.7. The van der Waals surface area contributed by atoms with Crippen molar-refractivity contribution in [3.05, 3.63) is 70.8 Å². The Balaban J connectivity index is 1.38. The molecule has 1 aliphatic heterocycles. The Morgan fingerprint density at radius 2 is 1.85 bits per heavy atom. The predicted molar refractivity (Wildman–Crippen MR) is 126 cm³/mol. The minimum atomic E-state index is -1.08. The van der Waals surface area contributed by atoms with Gasteiger partial charge < -0.3 is 15.3 Å². The number of piperidine rings is 1. The molecule has 0 saturated carbocycles. The molecule has 0 aliphatic carbocycles. The van der Waals surface area contributed by atoms with Crippen LogP contribution in [0.1, 0.15) is 31.7 Å². The number of carbonyl (C=O) groups is 2. The number of fused-ring (bicyclic) bond motifs is 1. The van der Waals surface area contributed by atoms with Crippen LogP contribution in [-0.4, -0.2) is 50.1 Å². The summed E-state index contributed by atoms with van der Waals surface area (Å²) in [7, 11) is 0. The third-order valence-electron chi connectivity index (χ3n) is 6.13. The molecule has 2 aromatic carbocycles. The Labute approximate surface area is 191 Å². The number of likely N-dealkylation sites (tertiary alicyclic amines) is 1. The lowest BCUT2D eigenvalue weighted by molar-refractivity contribution is -0.135. The second kappa shape index (κ2) is 9.54. The third-order valence-corrected chi connectivity index (χ3v) is 6.13. The number of aryl methyl sites for hydroxylation is 1. The summed E-state index contributed by atoms with van der Waals surface area (Å²) in [5, 5.41) is 14.2. The number of hydrogen-bond acceptors (Lipinski definition) is 5. The first-order valence-electron chi connectivity index (χ1n) is 11.1. The van der Waals surface area contributed by atoms with Gasteiger partial charge in [-0.2, -0.15) is 0 Å². The zero-order chi connectivity index (χ0) is 23.4. The summed E-state index contributed by atoms with van der Waals surface area (Å²) in [6, 6.07) is 14.8. The smallest absolute Gasteiger partial charge is 0.261 e. The van der Waals surface area contributed by atoms with E-state index in [1.165, 1.54) is 17.8 Å². The van der Waals surface area contributed by atoms with Crippen molar-refractivity contribution in [3.8, 4) is 0 Å². The maximum absolute atomic E-state index is 12.9. The van der Waals surface area contributed by atoms with E-state index < -0.39 is 5.60 Å². The van der Waals surface area contributed by atoms with E-state index >= 15 is 0 Å². The van der Waals surface area contributed by atoms with Crippen LogP contribution in [0.15, 0.2) is 59.7 Å². The molecule has 1 aromatic heterocycles. The van der Waals surface area contributed by atoms with Crippen LogP contribution < -0.4 is 10.9 Å². The molecule has 2 N–H and O–H groups in total. The van der Waals surface area contributed by atoms with Gasteiger partial charge in [0.05, 0.1) is 29.4 Å². The number of anilines is 1. The number of aromatic nitrogens is 2. The maximum atomic E-state index is 12.9. The molecule has 1 aliphatic rings. The molecular weight excluding hydrogens is 420 g/mol. The number of carbonyl (C=O) groups excluding carboxylic acids is 2. The minimum Gasteiger partial charge on any atom is -0.388 e. The van der Waals surface area contributed by atoms with E-state index in [0.29, 0.717) is 55.4 Å².